The monoisotopic (exact) mass is 469 g/mol. The predicted octanol–water partition coefficient (Wildman–Crippen LogP) is 4.64. The van der Waals surface area contributed by atoms with E-state index < -0.39 is 0 Å². The Labute approximate surface area is 190 Å². The van der Waals surface area contributed by atoms with Crippen LogP contribution in [0.3, 0.4) is 0 Å². The second kappa shape index (κ2) is 9.77. The smallest absolute Gasteiger partial charge is 0.262 e. The second-order valence-corrected chi connectivity index (χ2v) is 8.25. The minimum absolute atomic E-state index is 0.0515. The third-order valence-electron chi connectivity index (χ3n) is 4.84. The minimum Gasteiger partial charge on any atom is -0.482 e. The van der Waals surface area contributed by atoms with Crippen LogP contribution in [-0.2, 0) is 9.59 Å². The number of carbonyl (C=O) groups excluding carboxylic acids is 2. The van der Waals surface area contributed by atoms with E-state index in [1.54, 1.807) is 49.1 Å². The number of nitrogens with zero attached hydrogens (tertiary/aromatic N) is 2. The number of hydrogen-bond acceptors (Lipinski definition) is 4. The molecule has 0 radical (unpaired) electrons. The molecule has 160 valence electrons. The highest BCUT2D eigenvalue weighted by atomic mass is 35.5. The maximum absolute atomic E-state index is 12.5. The standard InChI is InChI=1S/C21H22Cl3N3O3/c1-13-10-15(22)11-17(24)21(13)30-12-19(29)25-18-5-3-4-16(23)20(18)27-8-6-26(7-9-27)14(2)28/h3-5,10-11H,6-9,12H2,1-2H3,(H,25,29). The van der Waals surface area contributed by atoms with Gasteiger partial charge in [0.05, 0.1) is 21.4 Å². The first-order valence-electron chi connectivity index (χ1n) is 9.43. The summed E-state index contributed by atoms with van der Waals surface area (Å²) in [6.45, 7) is 5.61. The van der Waals surface area contributed by atoms with Gasteiger partial charge in [-0.15, -0.1) is 0 Å². The van der Waals surface area contributed by atoms with Crippen molar-refractivity contribution >= 4 is 58.0 Å². The number of benzene rings is 2. The molecule has 2 amide bonds. The van der Waals surface area contributed by atoms with Crippen molar-refractivity contribution in [3.05, 3.63) is 51.0 Å². The highest BCUT2D eigenvalue weighted by Gasteiger charge is 2.23. The first-order valence-corrected chi connectivity index (χ1v) is 10.6. The molecule has 9 heteroatoms. The molecule has 1 heterocycles. The fourth-order valence-electron chi connectivity index (χ4n) is 3.38. The van der Waals surface area contributed by atoms with Crippen molar-refractivity contribution < 1.29 is 14.3 Å². The van der Waals surface area contributed by atoms with Crippen molar-refractivity contribution in [2.75, 3.05) is 43.0 Å². The van der Waals surface area contributed by atoms with Gasteiger partial charge in [0.25, 0.3) is 5.91 Å². The number of ether oxygens (including phenoxy) is 1. The molecule has 0 aromatic heterocycles. The summed E-state index contributed by atoms with van der Waals surface area (Å²) in [5.74, 6) is 0.129. The van der Waals surface area contributed by atoms with Crippen LogP contribution in [0.4, 0.5) is 11.4 Å². The van der Waals surface area contributed by atoms with Crippen molar-refractivity contribution in [3.8, 4) is 5.75 Å². The molecule has 3 rings (SSSR count). The van der Waals surface area contributed by atoms with E-state index in [-0.39, 0.29) is 18.4 Å². The van der Waals surface area contributed by atoms with E-state index in [2.05, 4.69) is 10.2 Å². The lowest BCUT2D eigenvalue weighted by Crippen LogP contribution is -2.48. The number of hydrogen-bond donors (Lipinski definition) is 1. The lowest BCUT2D eigenvalue weighted by atomic mass is 10.2. The predicted molar refractivity (Wildman–Crippen MR) is 121 cm³/mol. The number of nitrogens with one attached hydrogen (secondary N) is 1. The minimum atomic E-state index is -0.341. The highest BCUT2D eigenvalue weighted by Crippen LogP contribution is 2.35. The summed E-state index contributed by atoms with van der Waals surface area (Å²) in [7, 11) is 0. The average Bonchev–Trinajstić information content (AvgIpc) is 2.67. The van der Waals surface area contributed by atoms with Crippen LogP contribution in [0, 0.1) is 6.92 Å². The largest absolute Gasteiger partial charge is 0.482 e. The topological polar surface area (TPSA) is 61.9 Å². The van der Waals surface area contributed by atoms with Gasteiger partial charge in [0.15, 0.2) is 6.61 Å². The Kier molecular flexibility index (Phi) is 7.34. The van der Waals surface area contributed by atoms with Crippen molar-refractivity contribution in [2.45, 2.75) is 13.8 Å². The Balaban J connectivity index is 1.69. The third-order valence-corrected chi connectivity index (χ3v) is 5.65. The van der Waals surface area contributed by atoms with Crippen LogP contribution in [-0.4, -0.2) is 49.5 Å². The highest BCUT2D eigenvalue weighted by molar-refractivity contribution is 6.35. The van der Waals surface area contributed by atoms with E-state index in [0.29, 0.717) is 52.7 Å². The molecule has 1 fully saturated rings. The van der Waals surface area contributed by atoms with Gasteiger partial charge in [-0.2, -0.15) is 0 Å². The van der Waals surface area contributed by atoms with Crippen LogP contribution in [0.5, 0.6) is 5.75 Å². The number of amides is 2. The number of anilines is 2. The summed E-state index contributed by atoms with van der Waals surface area (Å²) < 4.78 is 5.62. The maximum Gasteiger partial charge on any atom is 0.262 e. The van der Waals surface area contributed by atoms with Crippen LogP contribution in [0.1, 0.15) is 12.5 Å². The molecule has 1 N–H and O–H groups in total. The van der Waals surface area contributed by atoms with Crippen LogP contribution in [0.15, 0.2) is 30.3 Å². The zero-order chi connectivity index (χ0) is 21.8. The van der Waals surface area contributed by atoms with Gasteiger partial charge < -0.3 is 19.9 Å². The molecular formula is C21H22Cl3N3O3. The SMILES string of the molecule is CC(=O)N1CCN(c2c(Cl)cccc2NC(=O)COc2c(C)cc(Cl)cc2Cl)CC1. The molecule has 1 aliphatic heterocycles. The Hall–Kier alpha value is -2.15. The molecule has 2 aromatic carbocycles. The molecule has 30 heavy (non-hydrogen) atoms. The molecule has 0 bridgehead atoms. The maximum atomic E-state index is 12.5. The molecule has 0 aliphatic carbocycles. The quantitative estimate of drug-likeness (QED) is 0.691. The molecule has 0 saturated carbocycles. The number of para-hydroxylation sites is 1. The van der Waals surface area contributed by atoms with E-state index in [1.807, 2.05) is 0 Å². The fourth-order valence-corrected chi connectivity index (χ4v) is 4.32. The number of piperazine rings is 1. The molecule has 0 unspecified atom stereocenters. The molecule has 0 atom stereocenters. The molecule has 6 nitrogen and oxygen atoms in total. The molecule has 1 aliphatic rings. The van der Waals surface area contributed by atoms with Gasteiger partial charge >= 0.3 is 0 Å². The normalized spacial score (nSPS) is 13.9. The Morgan fingerprint density at radius 1 is 1.07 bits per heavy atom. The number of carbonyl (C=O) groups is 2. The van der Waals surface area contributed by atoms with Gasteiger partial charge in [-0.05, 0) is 36.8 Å². The van der Waals surface area contributed by atoms with Crippen molar-refractivity contribution in [1.29, 1.82) is 0 Å². The molecular weight excluding hydrogens is 449 g/mol. The van der Waals surface area contributed by atoms with Crippen LogP contribution in [0.25, 0.3) is 0 Å². The number of aryl methyl sites for hydroxylation is 1. The van der Waals surface area contributed by atoms with Crippen LogP contribution >= 0.6 is 34.8 Å². The average molecular weight is 471 g/mol. The van der Waals surface area contributed by atoms with Crippen LogP contribution in [0.2, 0.25) is 15.1 Å². The Morgan fingerprint density at radius 3 is 2.40 bits per heavy atom. The van der Waals surface area contributed by atoms with Gasteiger partial charge in [0, 0.05) is 38.1 Å². The second-order valence-electron chi connectivity index (χ2n) is 7.00. The van der Waals surface area contributed by atoms with Gasteiger partial charge in [0.1, 0.15) is 5.75 Å². The summed E-state index contributed by atoms with van der Waals surface area (Å²) in [5, 5.41) is 4.24. The van der Waals surface area contributed by atoms with Crippen molar-refractivity contribution in [1.82, 2.24) is 4.90 Å². The molecule has 0 spiro atoms. The van der Waals surface area contributed by atoms with Crippen molar-refractivity contribution in [2.24, 2.45) is 0 Å². The van der Waals surface area contributed by atoms with E-state index >= 15 is 0 Å². The van der Waals surface area contributed by atoms with Gasteiger partial charge in [-0.25, -0.2) is 0 Å². The summed E-state index contributed by atoms with van der Waals surface area (Å²) in [4.78, 5) is 28.0. The lowest BCUT2D eigenvalue weighted by molar-refractivity contribution is -0.129. The summed E-state index contributed by atoms with van der Waals surface area (Å²) in [5.41, 5.74) is 2.06. The van der Waals surface area contributed by atoms with E-state index in [4.69, 9.17) is 39.5 Å². The Morgan fingerprint density at radius 2 is 1.77 bits per heavy atom. The number of rotatable bonds is 5. The summed E-state index contributed by atoms with van der Waals surface area (Å²) in [6.07, 6.45) is 0. The zero-order valence-electron chi connectivity index (χ0n) is 16.7. The third kappa shape index (κ3) is 5.31. The molecule has 1 saturated heterocycles. The van der Waals surface area contributed by atoms with Crippen LogP contribution < -0.4 is 15.0 Å². The Bertz CT molecular complexity index is 937. The van der Waals surface area contributed by atoms with Gasteiger partial charge in [0.2, 0.25) is 5.91 Å². The fraction of sp³-hybridized carbons (Fsp3) is 0.333. The van der Waals surface area contributed by atoms with Gasteiger partial charge in [-0.3, -0.25) is 9.59 Å². The summed E-state index contributed by atoms with van der Waals surface area (Å²) in [6, 6.07) is 8.62. The lowest BCUT2D eigenvalue weighted by Gasteiger charge is -2.36. The zero-order valence-corrected chi connectivity index (χ0v) is 18.9. The first kappa shape index (κ1) is 22.5. The molecule has 2 aromatic rings. The van der Waals surface area contributed by atoms with Gasteiger partial charge in [-0.1, -0.05) is 40.9 Å². The van der Waals surface area contributed by atoms with E-state index in [1.165, 1.54) is 0 Å². The van der Waals surface area contributed by atoms with E-state index in [9.17, 15) is 9.59 Å². The summed E-state index contributed by atoms with van der Waals surface area (Å²) >= 11 is 18.6. The van der Waals surface area contributed by atoms with E-state index in [0.717, 1.165) is 11.3 Å². The first-order chi connectivity index (χ1) is 14.3. The van der Waals surface area contributed by atoms with Crippen molar-refractivity contribution in [3.63, 3.8) is 0 Å². The number of halogens is 3.